The van der Waals surface area contributed by atoms with E-state index in [4.69, 9.17) is 16.7 Å². The number of hydrogen-bond acceptors (Lipinski definition) is 5. The van der Waals surface area contributed by atoms with E-state index in [1.54, 1.807) is 0 Å². The fraction of sp³-hybridized carbons (Fsp3) is 0.385. The Labute approximate surface area is 133 Å². The zero-order chi connectivity index (χ0) is 17.1. The molecule has 0 saturated carbocycles. The number of ether oxygens (including phenoxy) is 1. The van der Waals surface area contributed by atoms with Gasteiger partial charge in [-0.3, -0.25) is 4.79 Å². The number of carboxylic acid groups (broad SMARTS) is 1. The van der Waals surface area contributed by atoms with Gasteiger partial charge in [0, 0.05) is 13.6 Å². The van der Waals surface area contributed by atoms with Crippen molar-refractivity contribution in [3.05, 3.63) is 28.8 Å². The minimum absolute atomic E-state index is 0.0460. The number of carboxylic acids is 1. The molecule has 0 aliphatic rings. The van der Waals surface area contributed by atoms with Crippen LogP contribution in [0.5, 0.6) is 0 Å². The number of hydrogen-bond donors (Lipinski definition) is 1. The second-order valence-corrected chi connectivity index (χ2v) is 7.11. The first-order valence-electron chi connectivity index (χ1n) is 6.18. The van der Waals surface area contributed by atoms with Crippen molar-refractivity contribution in [2.24, 2.45) is 5.92 Å². The predicted molar refractivity (Wildman–Crippen MR) is 79.4 cm³/mol. The third-order valence-electron chi connectivity index (χ3n) is 3.01. The van der Waals surface area contributed by atoms with Gasteiger partial charge in [0.15, 0.2) is 0 Å². The number of benzene rings is 1. The fourth-order valence-corrected chi connectivity index (χ4v) is 3.28. The summed E-state index contributed by atoms with van der Waals surface area (Å²) in [6.45, 7) is 1.22. The topological polar surface area (TPSA) is 101 Å². The average molecular weight is 350 g/mol. The number of esters is 1. The normalized spacial score (nSPS) is 13.0. The molecule has 7 nitrogen and oxygen atoms in total. The second kappa shape index (κ2) is 7.08. The Morgan fingerprint density at radius 3 is 2.45 bits per heavy atom. The Morgan fingerprint density at radius 1 is 1.41 bits per heavy atom. The van der Waals surface area contributed by atoms with Gasteiger partial charge in [-0.2, -0.15) is 0 Å². The van der Waals surface area contributed by atoms with Crippen LogP contribution in [0, 0.1) is 5.92 Å². The van der Waals surface area contributed by atoms with Crippen LogP contribution in [0.15, 0.2) is 23.1 Å². The number of rotatable bonds is 6. The van der Waals surface area contributed by atoms with Gasteiger partial charge in [0.25, 0.3) is 0 Å². The molecule has 0 bridgehead atoms. The van der Waals surface area contributed by atoms with Crippen LogP contribution in [-0.2, 0) is 19.6 Å². The number of halogens is 1. The Hall–Kier alpha value is -1.64. The van der Waals surface area contributed by atoms with E-state index in [-0.39, 0.29) is 22.0 Å². The monoisotopic (exact) mass is 349 g/mol. The molecule has 0 spiro atoms. The predicted octanol–water partition coefficient (Wildman–Crippen LogP) is 1.47. The Bertz CT molecular complexity index is 688. The molecule has 0 aromatic heterocycles. The first kappa shape index (κ1) is 18.4. The van der Waals surface area contributed by atoms with E-state index in [1.807, 2.05) is 0 Å². The number of nitrogens with zero attached hydrogens (tertiary/aromatic N) is 1. The number of sulfonamides is 1. The Kier molecular flexibility index (Phi) is 5.92. The highest BCUT2D eigenvalue weighted by atomic mass is 35.5. The fourth-order valence-electron chi connectivity index (χ4n) is 1.67. The molecule has 0 amide bonds. The van der Waals surface area contributed by atoms with E-state index in [0.717, 1.165) is 10.4 Å². The molecule has 0 heterocycles. The molecule has 1 N–H and O–H groups in total. The number of aliphatic carboxylic acids is 1. The van der Waals surface area contributed by atoms with Crippen LogP contribution in [0.2, 0.25) is 5.02 Å². The molecule has 1 atom stereocenters. The summed E-state index contributed by atoms with van der Waals surface area (Å²) in [7, 11) is -1.45. The molecular weight excluding hydrogens is 334 g/mol. The first-order valence-corrected chi connectivity index (χ1v) is 8.00. The summed E-state index contributed by atoms with van der Waals surface area (Å²) in [4.78, 5) is 22.1. The van der Waals surface area contributed by atoms with Gasteiger partial charge in [-0.25, -0.2) is 17.5 Å². The molecule has 0 aliphatic carbocycles. The van der Waals surface area contributed by atoms with Gasteiger partial charge in [0.1, 0.15) is 0 Å². The molecule has 0 radical (unpaired) electrons. The summed E-state index contributed by atoms with van der Waals surface area (Å²) in [5.41, 5.74) is 0.0460. The van der Waals surface area contributed by atoms with Crippen molar-refractivity contribution in [3.8, 4) is 0 Å². The number of methoxy groups -OCH3 is 1. The highest BCUT2D eigenvalue weighted by Crippen LogP contribution is 2.23. The van der Waals surface area contributed by atoms with E-state index in [2.05, 4.69) is 4.74 Å². The van der Waals surface area contributed by atoms with Gasteiger partial charge in [-0.1, -0.05) is 18.5 Å². The molecule has 0 saturated heterocycles. The molecule has 1 unspecified atom stereocenters. The first-order chi connectivity index (χ1) is 10.1. The van der Waals surface area contributed by atoms with Crippen molar-refractivity contribution in [1.82, 2.24) is 4.31 Å². The van der Waals surface area contributed by atoms with Crippen molar-refractivity contribution in [1.29, 1.82) is 0 Å². The van der Waals surface area contributed by atoms with Crippen LogP contribution in [-0.4, -0.2) is 50.5 Å². The largest absolute Gasteiger partial charge is 0.481 e. The summed E-state index contributed by atoms with van der Waals surface area (Å²) in [6, 6.07) is 3.59. The highest BCUT2D eigenvalue weighted by Gasteiger charge is 2.26. The minimum atomic E-state index is -3.91. The van der Waals surface area contributed by atoms with E-state index in [9.17, 15) is 18.0 Å². The Morgan fingerprint density at radius 2 is 2.00 bits per heavy atom. The number of carbonyl (C=O) groups excluding carboxylic acids is 1. The van der Waals surface area contributed by atoms with Crippen LogP contribution in [0.4, 0.5) is 0 Å². The summed E-state index contributed by atoms with van der Waals surface area (Å²) in [5, 5.41) is 8.78. The zero-order valence-electron chi connectivity index (χ0n) is 12.2. The summed E-state index contributed by atoms with van der Waals surface area (Å²) < 4.78 is 30.1. The van der Waals surface area contributed by atoms with Crippen LogP contribution >= 0.6 is 11.6 Å². The molecular formula is C13H16ClNO6S. The van der Waals surface area contributed by atoms with Gasteiger partial charge in [0.05, 0.1) is 28.5 Å². The van der Waals surface area contributed by atoms with Crippen LogP contribution < -0.4 is 0 Å². The molecule has 22 heavy (non-hydrogen) atoms. The SMILES string of the molecule is COC(=O)c1ccc(S(=O)(=O)N(C)CC(C)C(=O)O)cc1Cl. The van der Waals surface area contributed by atoms with Gasteiger partial charge < -0.3 is 9.84 Å². The Balaban J connectivity index is 3.11. The molecule has 9 heteroatoms. The van der Waals surface area contributed by atoms with Crippen molar-refractivity contribution in [3.63, 3.8) is 0 Å². The lowest BCUT2D eigenvalue weighted by atomic mass is 10.2. The minimum Gasteiger partial charge on any atom is -0.481 e. The van der Waals surface area contributed by atoms with Crippen molar-refractivity contribution in [2.75, 3.05) is 20.7 Å². The molecule has 0 aliphatic heterocycles. The van der Waals surface area contributed by atoms with Gasteiger partial charge in [-0.15, -0.1) is 0 Å². The van der Waals surface area contributed by atoms with E-state index >= 15 is 0 Å². The van der Waals surface area contributed by atoms with E-state index in [0.29, 0.717) is 0 Å². The third kappa shape index (κ3) is 3.96. The van der Waals surface area contributed by atoms with Crippen LogP contribution in [0.1, 0.15) is 17.3 Å². The van der Waals surface area contributed by atoms with Gasteiger partial charge in [0.2, 0.25) is 10.0 Å². The quantitative estimate of drug-likeness (QED) is 0.780. The molecule has 122 valence electrons. The van der Waals surface area contributed by atoms with E-state index in [1.165, 1.54) is 33.2 Å². The molecule has 1 aromatic carbocycles. The molecule has 1 aromatic rings. The lowest BCUT2D eigenvalue weighted by Gasteiger charge is -2.19. The average Bonchev–Trinajstić information content (AvgIpc) is 2.45. The smallest absolute Gasteiger partial charge is 0.339 e. The summed E-state index contributed by atoms with van der Waals surface area (Å²) >= 11 is 5.89. The highest BCUT2D eigenvalue weighted by molar-refractivity contribution is 7.89. The third-order valence-corrected chi connectivity index (χ3v) is 5.14. The lowest BCUT2D eigenvalue weighted by Crippen LogP contribution is -2.33. The standard InChI is InChI=1S/C13H16ClNO6S/c1-8(12(16)17)7-15(2)22(19,20)9-4-5-10(11(14)6-9)13(18)21-3/h4-6,8H,7H2,1-3H3,(H,16,17). The summed E-state index contributed by atoms with van der Waals surface area (Å²) in [5.74, 6) is -2.63. The van der Waals surface area contributed by atoms with Gasteiger partial charge in [-0.05, 0) is 18.2 Å². The lowest BCUT2D eigenvalue weighted by molar-refractivity contribution is -0.141. The number of carbonyl (C=O) groups is 2. The van der Waals surface area contributed by atoms with Crippen LogP contribution in [0.3, 0.4) is 0 Å². The maximum Gasteiger partial charge on any atom is 0.339 e. The second-order valence-electron chi connectivity index (χ2n) is 4.66. The molecule has 1 rings (SSSR count). The maximum atomic E-state index is 12.4. The summed E-state index contributed by atoms with van der Waals surface area (Å²) in [6.07, 6.45) is 0. The maximum absolute atomic E-state index is 12.4. The van der Waals surface area contributed by atoms with E-state index < -0.39 is 27.9 Å². The van der Waals surface area contributed by atoms with Gasteiger partial charge >= 0.3 is 11.9 Å². The van der Waals surface area contributed by atoms with Crippen molar-refractivity contribution in [2.45, 2.75) is 11.8 Å². The van der Waals surface area contributed by atoms with Crippen molar-refractivity contribution < 1.29 is 27.9 Å². The van der Waals surface area contributed by atoms with Crippen LogP contribution in [0.25, 0.3) is 0 Å². The molecule has 0 fully saturated rings. The van der Waals surface area contributed by atoms with Crippen molar-refractivity contribution >= 4 is 33.6 Å². The zero-order valence-corrected chi connectivity index (χ0v) is 13.8.